The van der Waals surface area contributed by atoms with Crippen LogP contribution in [-0.4, -0.2) is 81.2 Å². The number of hydrogen-bond acceptors (Lipinski definition) is 10. The van der Waals surface area contributed by atoms with Crippen LogP contribution in [0, 0.1) is 17.8 Å². The second kappa shape index (κ2) is 11.1. The van der Waals surface area contributed by atoms with Crippen LogP contribution in [0.25, 0.3) is 11.1 Å². The number of carbonyl (C=O) groups is 4. The number of rotatable bonds is 6. The summed E-state index contributed by atoms with van der Waals surface area (Å²) < 4.78 is 5.20. The predicted molar refractivity (Wildman–Crippen MR) is 159 cm³/mol. The minimum absolute atomic E-state index is 0.0237. The number of hydrogen-bond donors (Lipinski definition) is 6. The Labute approximate surface area is 253 Å². The average molecular weight is 606 g/mol. The van der Waals surface area contributed by atoms with Gasteiger partial charge in [-0.2, -0.15) is 0 Å². The molecular weight excluding hydrogens is 570 g/mol. The zero-order valence-corrected chi connectivity index (χ0v) is 24.7. The average Bonchev–Trinajstić information content (AvgIpc) is 2.93. The number of nitrogens with one attached hydrogen (secondary N) is 1. The molecule has 3 aliphatic rings. The molecule has 0 saturated heterocycles. The molecule has 12 heteroatoms. The van der Waals surface area contributed by atoms with Gasteiger partial charge in [0.15, 0.2) is 11.4 Å². The zero-order valence-electron chi connectivity index (χ0n) is 24.7. The van der Waals surface area contributed by atoms with Gasteiger partial charge in [0.05, 0.1) is 18.2 Å². The number of phenolic OH excluding ortho intramolecular Hbond substituents is 1. The first-order chi connectivity index (χ1) is 20.7. The van der Waals surface area contributed by atoms with E-state index in [1.807, 2.05) is 13.8 Å². The van der Waals surface area contributed by atoms with Crippen molar-refractivity contribution >= 4 is 29.3 Å². The van der Waals surface area contributed by atoms with Crippen LogP contribution in [0.1, 0.15) is 36.2 Å². The van der Waals surface area contributed by atoms with Crippen molar-refractivity contribution in [3.8, 4) is 16.9 Å². The summed E-state index contributed by atoms with van der Waals surface area (Å²) in [5.41, 5.74) is 3.63. The maximum absolute atomic E-state index is 14.0. The number of Topliss-reactive ketones (excluding diaryl/α,β-unsaturated/α-hetero) is 2. The quantitative estimate of drug-likeness (QED) is 0.266. The molecular formula is C32H35N3O9. The maximum Gasteiger partial charge on any atom is 0.411 e. The monoisotopic (exact) mass is 605 g/mol. The highest BCUT2D eigenvalue weighted by Crippen LogP contribution is 2.53. The Morgan fingerprint density at radius 1 is 1.14 bits per heavy atom. The minimum Gasteiger partial charge on any atom is -0.510 e. The van der Waals surface area contributed by atoms with Gasteiger partial charge in [-0.25, -0.2) is 4.79 Å². The van der Waals surface area contributed by atoms with Crippen LogP contribution < -0.4 is 11.1 Å². The predicted octanol–water partition coefficient (Wildman–Crippen LogP) is 2.99. The van der Waals surface area contributed by atoms with E-state index < -0.39 is 64.1 Å². The summed E-state index contributed by atoms with van der Waals surface area (Å²) in [6.45, 7) is 4.08. The molecule has 0 aromatic heterocycles. The molecule has 4 atom stereocenters. The third kappa shape index (κ3) is 4.80. The van der Waals surface area contributed by atoms with E-state index in [-0.39, 0.29) is 42.3 Å². The van der Waals surface area contributed by atoms with Crippen molar-refractivity contribution in [3.63, 3.8) is 0 Å². The molecule has 232 valence electrons. The van der Waals surface area contributed by atoms with E-state index in [1.54, 1.807) is 44.4 Å². The number of benzene rings is 2. The van der Waals surface area contributed by atoms with Gasteiger partial charge in [0.25, 0.3) is 5.91 Å². The van der Waals surface area contributed by atoms with E-state index in [2.05, 4.69) is 5.32 Å². The summed E-state index contributed by atoms with van der Waals surface area (Å²) in [4.78, 5) is 53.4. The number of carbonyl (C=O) groups excluding carboxylic acids is 4. The largest absolute Gasteiger partial charge is 0.510 e. The van der Waals surface area contributed by atoms with E-state index in [0.29, 0.717) is 22.4 Å². The van der Waals surface area contributed by atoms with E-state index >= 15 is 0 Å². The molecule has 2 amide bonds. The SMILES string of the molecule is CC(C)COC(=O)Nc1cccc(-c2ccc(O)c3c2CC2CC4C(N(C)C)C(O)=C(C(N)=O)C(=O)C4(O)C(O)=C2C3=O)c1. The molecule has 7 N–H and O–H groups in total. The molecule has 0 aliphatic heterocycles. The Hall–Kier alpha value is -4.68. The van der Waals surface area contributed by atoms with Crippen molar-refractivity contribution in [1.82, 2.24) is 4.90 Å². The van der Waals surface area contributed by atoms with Gasteiger partial charge < -0.3 is 30.9 Å². The highest BCUT2D eigenvalue weighted by Gasteiger charge is 2.63. The van der Waals surface area contributed by atoms with Gasteiger partial charge >= 0.3 is 6.09 Å². The molecule has 2 aromatic carbocycles. The van der Waals surface area contributed by atoms with Gasteiger partial charge in [-0.1, -0.05) is 32.0 Å². The Balaban J connectivity index is 1.60. The number of fused-ring (bicyclic) bond motifs is 3. The smallest absolute Gasteiger partial charge is 0.411 e. The van der Waals surface area contributed by atoms with Crippen LogP contribution in [-0.2, 0) is 20.7 Å². The number of ether oxygens (including phenoxy) is 1. The number of aliphatic hydroxyl groups excluding tert-OH is 2. The topological polar surface area (TPSA) is 200 Å². The second-order valence-electron chi connectivity index (χ2n) is 12.1. The van der Waals surface area contributed by atoms with Gasteiger partial charge in [-0.15, -0.1) is 0 Å². The first-order valence-electron chi connectivity index (χ1n) is 14.2. The van der Waals surface area contributed by atoms with Crippen molar-refractivity contribution in [2.45, 2.75) is 38.3 Å². The third-order valence-corrected chi connectivity index (χ3v) is 8.57. The van der Waals surface area contributed by atoms with E-state index in [4.69, 9.17) is 10.5 Å². The molecule has 3 aliphatic carbocycles. The van der Waals surface area contributed by atoms with Crippen molar-refractivity contribution in [3.05, 3.63) is 70.2 Å². The number of ketones is 2. The fraction of sp³-hybridized carbons (Fsp3) is 0.375. The molecule has 0 heterocycles. The van der Waals surface area contributed by atoms with Crippen LogP contribution in [0.4, 0.5) is 10.5 Å². The summed E-state index contributed by atoms with van der Waals surface area (Å²) in [5.74, 6) is -6.94. The number of primary amides is 1. The summed E-state index contributed by atoms with van der Waals surface area (Å²) in [6.07, 6.45) is -0.510. The van der Waals surface area contributed by atoms with E-state index in [1.165, 1.54) is 11.0 Å². The lowest BCUT2D eigenvalue weighted by atomic mass is 9.58. The van der Waals surface area contributed by atoms with Crippen molar-refractivity contribution in [2.24, 2.45) is 23.5 Å². The van der Waals surface area contributed by atoms with Gasteiger partial charge in [0, 0.05) is 17.2 Å². The lowest BCUT2D eigenvalue weighted by molar-refractivity contribution is -0.148. The van der Waals surface area contributed by atoms with E-state index in [9.17, 15) is 39.6 Å². The Kier molecular flexibility index (Phi) is 7.77. The molecule has 4 unspecified atom stereocenters. The lowest BCUT2D eigenvalue weighted by Gasteiger charge is -2.50. The number of phenols is 1. The number of anilines is 1. The maximum atomic E-state index is 14.0. The molecule has 12 nitrogen and oxygen atoms in total. The fourth-order valence-corrected chi connectivity index (χ4v) is 6.68. The van der Waals surface area contributed by atoms with E-state index in [0.717, 1.165) is 0 Å². The molecule has 0 radical (unpaired) electrons. The zero-order chi connectivity index (χ0) is 32.2. The number of aliphatic hydroxyl groups is 3. The summed E-state index contributed by atoms with van der Waals surface area (Å²) >= 11 is 0. The summed E-state index contributed by atoms with van der Waals surface area (Å²) in [5, 5.41) is 47.7. The van der Waals surface area contributed by atoms with Crippen LogP contribution in [0.5, 0.6) is 5.75 Å². The fourth-order valence-electron chi connectivity index (χ4n) is 6.68. The molecule has 0 saturated carbocycles. The number of aromatic hydroxyl groups is 1. The van der Waals surface area contributed by atoms with Crippen molar-refractivity contribution in [2.75, 3.05) is 26.0 Å². The van der Waals surface area contributed by atoms with Gasteiger partial charge in [0.2, 0.25) is 5.78 Å². The van der Waals surface area contributed by atoms with Gasteiger partial charge in [-0.05, 0) is 73.7 Å². The Morgan fingerprint density at radius 2 is 1.84 bits per heavy atom. The third-order valence-electron chi connectivity index (χ3n) is 8.57. The Morgan fingerprint density at radius 3 is 2.48 bits per heavy atom. The minimum atomic E-state index is -2.71. The Bertz CT molecular complexity index is 1660. The number of amides is 2. The van der Waals surface area contributed by atoms with Crippen molar-refractivity contribution < 1.29 is 44.3 Å². The molecule has 0 bridgehead atoms. The standard InChI is InChI=1S/C32H35N3O9/c1-14(2)13-44-31(42)34-17-7-5-6-15(10-17)18-8-9-21(36)23-19(18)11-16-12-20-25(35(3)4)27(38)24(30(33)41)29(40)32(20,43)28(39)22(16)26(23)37/h5-10,14,16,20,25,36,38-39,43H,11-13H2,1-4H3,(H2,33,41)(H,34,42). The van der Waals surface area contributed by atoms with Gasteiger partial charge in [-0.3, -0.25) is 24.6 Å². The first kappa shape index (κ1) is 30.8. The van der Waals surface area contributed by atoms with Crippen LogP contribution in [0.2, 0.25) is 0 Å². The highest BCUT2D eigenvalue weighted by atomic mass is 16.5. The molecule has 44 heavy (non-hydrogen) atoms. The van der Waals surface area contributed by atoms with Crippen LogP contribution in [0.15, 0.2) is 59.1 Å². The second-order valence-corrected chi connectivity index (χ2v) is 12.1. The summed E-state index contributed by atoms with van der Waals surface area (Å²) in [6, 6.07) is 8.78. The molecule has 5 rings (SSSR count). The normalized spacial score (nSPS) is 24.7. The summed E-state index contributed by atoms with van der Waals surface area (Å²) in [7, 11) is 3.15. The molecule has 0 spiro atoms. The number of allylic oxidation sites excluding steroid dienone is 1. The lowest BCUT2D eigenvalue weighted by Crippen LogP contribution is -2.63. The van der Waals surface area contributed by atoms with Crippen LogP contribution >= 0.6 is 0 Å². The van der Waals surface area contributed by atoms with Gasteiger partial charge in [0.1, 0.15) is 22.8 Å². The van der Waals surface area contributed by atoms with Crippen LogP contribution in [0.3, 0.4) is 0 Å². The number of nitrogens with zero attached hydrogens (tertiary/aromatic N) is 1. The molecule has 2 aromatic rings. The molecule has 0 fully saturated rings. The first-order valence-corrected chi connectivity index (χ1v) is 14.2. The highest BCUT2D eigenvalue weighted by molar-refractivity contribution is 6.25. The van der Waals surface area contributed by atoms with Crippen molar-refractivity contribution in [1.29, 1.82) is 0 Å². The number of likely N-dealkylation sites (N-methyl/N-ethyl adjacent to an activating group) is 1. The number of nitrogens with two attached hydrogens (primary N) is 1.